The van der Waals surface area contributed by atoms with E-state index < -0.39 is 0 Å². The van der Waals surface area contributed by atoms with Gasteiger partial charge in [0.25, 0.3) is 5.91 Å². The van der Waals surface area contributed by atoms with Gasteiger partial charge in [-0.25, -0.2) is 0 Å². The minimum Gasteiger partial charge on any atom is -0.376 e. The van der Waals surface area contributed by atoms with Crippen molar-refractivity contribution in [3.05, 3.63) is 53.5 Å². The molecule has 0 fully saturated rings. The van der Waals surface area contributed by atoms with Crippen LogP contribution >= 0.6 is 0 Å². The third kappa shape index (κ3) is 4.05. The number of rotatable bonds is 5. The summed E-state index contributed by atoms with van der Waals surface area (Å²) in [7, 11) is 5.72. The number of hydrogen-bond acceptors (Lipinski definition) is 6. The summed E-state index contributed by atoms with van der Waals surface area (Å²) in [6, 6.07) is 9.34. The Kier molecular flexibility index (Phi) is 5.07. The summed E-state index contributed by atoms with van der Waals surface area (Å²) >= 11 is 0. The number of carbonyl (C=O) groups is 1. The summed E-state index contributed by atoms with van der Waals surface area (Å²) in [6.45, 7) is 3.71. The lowest BCUT2D eigenvalue weighted by molar-refractivity contribution is 0.102. The van der Waals surface area contributed by atoms with Crippen molar-refractivity contribution in [3.8, 4) is 0 Å². The Hall–Kier alpha value is -3.42. The van der Waals surface area contributed by atoms with Crippen LogP contribution in [0.15, 0.2) is 36.5 Å². The predicted molar refractivity (Wildman–Crippen MR) is 107 cm³/mol. The number of hydrogen-bond donors (Lipinski definition) is 2. The molecule has 0 atom stereocenters. The van der Waals surface area contributed by atoms with Crippen molar-refractivity contribution in [2.24, 2.45) is 7.05 Å². The van der Waals surface area contributed by atoms with Gasteiger partial charge in [0, 0.05) is 44.3 Å². The van der Waals surface area contributed by atoms with Crippen LogP contribution in [0.25, 0.3) is 0 Å². The number of nitrogens with one attached hydrogen (secondary N) is 2. The molecule has 0 saturated carbocycles. The maximum atomic E-state index is 12.5. The van der Waals surface area contributed by atoms with Gasteiger partial charge in [-0.3, -0.25) is 9.48 Å². The predicted octanol–water partition coefficient (Wildman–Crippen LogP) is 2.89. The highest BCUT2D eigenvalue weighted by Crippen LogP contribution is 2.21. The van der Waals surface area contributed by atoms with E-state index in [1.165, 1.54) is 0 Å². The van der Waals surface area contributed by atoms with Gasteiger partial charge in [0.15, 0.2) is 5.82 Å². The number of benzene rings is 1. The maximum absolute atomic E-state index is 12.5. The molecule has 8 heteroatoms. The van der Waals surface area contributed by atoms with Crippen LogP contribution in [0.3, 0.4) is 0 Å². The van der Waals surface area contributed by atoms with E-state index in [1.807, 2.05) is 70.2 Å². The number of nitrogens with zero attached hydrogens (tertiary/aromatic N) is 5. The first-order valence-electron chi connectivity index (χ1n) is 8.54. The second-order valence-corrected chi connectivity index (χ2v) is 6.52. The van der Waals surface area contributed by atoms with E-state index in [1.54, 1.807) is 10.9 Å². The molecule has 3 rings (SSSR count). The Morgan fingerprint density at radius 1 is 1.11 bits per heavy atom. The first-order chi connectivity index (χ1) is 12.8. The molecule has 2 N–H and O–H groups in total. The van der Waals surface area contributed by atoms with E-state index in [0.717, 1.165) is 17.1 Å². The molecule has 0 spiro atoms. The van der Waals surface area contributed by atoms with E-state index in [-0.39, 0.29) is 5.91 Å². The molecule has 1 amide bonds. The topological polar surface area (TPSA) is 88.0 Å². The van der Waals surface area contributed by atoms with E-state index in [4.69, 9.17) is 0 Å². The molecule has 2 aromatic heterocycles. The fourth-order valence-corrected chi connectivity index (χ4v) is 2.74. The molecule has 8 nitrogen and oxygen atoms in total. The summed E-state index contributed by atoms with van der Waals surface area (Å²) in [6.07, 6.45) is 1.70. The second-order valence-electron chi connectivity index (χ2n) is 6.52. The number of aryl methyl sites for hydroxylation is 2. The molecule has 0 aliphatic rings. The first kappa shape index (κ1) is 18.4. The van der Waals surface area contributed by atoms with Crippen molar-refractivity contribution in [2.75, 3.05) is 29.6 Å². The monoisotopic (exact) mass is 365 g/mol. The average molecular weight is 365 g/mol. The molecule has 27 heavy (non-hydrogen) atoms. The van der Waals surface area contributed by atoms with Gasteiger partial charge in [0.05, 0.1) is 23.1 Å². The zero-order valence-electron chi connectivity index (χ0n) is 16.1. The van der Waals surface area contributed by atoms with Crippen LogP contribution in [0.5, 0.6) is 0 Å². The SMILES string of the molecule is Cc1nn(C)c(C)c1C(=O)Nc1ccc(Nc2cc(N(C)C)cnn2)cc1. The molecule has 0 unspecified atom stereocenters. The van der Waals surface area contributed by atoms with Gasteiger partial charge in [0.2, 0.25) is 0 Å². The fourth-order valence-electron chi connectivity index (χ4n) is 2.74. The standard InChI is InChI=1S/C19H23N7O/c1-12-18(13(2)26(5)24-12)19(27)22-15-8-6-14(7-9-15)21-17-10-16(25(3)4)11-20-23-17/h6-11H,1-5H3,(H,21,23)(H,22,27). The summed E-state index contributed by atoms with van der Waals surface area (Å²) in [4.78, 5) is 14.5. The third-order valence-corrected chi connectivity index (χ3v) is 4.31. The normalized spacial score (nSPS) is 10.6. The number of amides is 1. The van der Waals surface area contributed by atoms with Gasteiger partial charge in [-0.1, -0.05) is 0 Å². The molecule has 0 saturated heterocycles. The molecule has 0 bridgehead atoms. The van der Waals surface area contributed by atoms with E-state index >= 15 is 0 Å². The first-order valence-corrected chi connectivity index (χ1v) is 8.54. The Balaban J connectivity index is 1.70. The molecule has 0 aliphatic heterocycles. The van der Waals surface area contributed by atoms with Gasteiger partial charge in [0.1, 0.15) is 0 Å². The van der Waals surface area contributed by atoms with Crippen LogP contribution in [0.2, 0.25) is 0 Å². The maximum Gasteiger partial charge on any atom is 0.259 e. The zero-order valence-corrected chi connectivity index (χ0v) is 16.1. The van der Waals surface area contributed by atoms with Gasteiger partial charge in [-0.15, -0.1) is 5.10 Å². The van der Waals surface area contributed by atoms with Gasteiger partial charge in [-0.2, -0.15) is 10.2 Å². The van der Waals surface area contributed by atoms with Gasteiger partial charge >= 0.3 is 0 Å². The van der Waals surface area contributed by atoms with Crippen molar-refractivity contribution in [1.29, 1.82) is 0 Å². The van der Waals surface area contributed by atoms with Crippen LogP contribution in [0, 0.1) is 13.8 Å². The summed E-state index contributed by atoms with van der Waals surface area (Å²) in [5.41, 5.74) is 4.68. The minimum atomic E-state index is -0.164. The highest BCUT2D eigenvalue weighted by Gasteiger charge is 2.17. The Bertz CT molecular complexity index is 961. The molecular weight excluding hydrogens is 342 g/mol. The van der Waals surface area contributed by atoms with Crippen LogP contribution in [0.1, 0.15) is 21.7 Å². The van der Waals surface area contributed by atoms with Crippen LogP contribution in [0.4, 0.5) is 22.9 Å². The van der Waals surface area contributed by atoms with Crippen LogP contribution in [-0.4, -0.2) is 40.0 Å². The highest BCUT2D eigenvalue weighted by molar-refractivity contribution is 6.05. The minimum absolute atomic E-state index is 0.164. The van der Waals surface area contributed by atoms with Crippen molar-refractivity contribution in [2.45, 2.75) is 13.8 Å². The number of anilines is 4. The van der Waals surface area contributed by atoms with E-state index in [9.17, 15) is 4.79 Å². The molecular formula is C19H23N7O. The molecule has 2 heterocycles. The number of aromatic nitrogens is 4. The zero-order chi connectivity index (χ0) is 19.6. The lowest BCUT2D eigenvalue weighted by atomic mass is 10.1. The smallest absolute Gasteiger partial charge is 0.259 e. The van der Waals surface area contributed by atoms with Crippen LogP contribution in [-0.2, 0) is 7.05 Å². The highest BCUT2D eigenvalue weighted by atomic mass is 16.1. The van der Waals surface area contributed by atoms with E-state index in [2.05, 4.69) is 25.9 Å². The second kappa shape index (κ2) is 7.45. The largest absolute Gasteiger partial charge is 0.376 e. The Morgan fingerprint density at radius 2 is 1.78 bits per heavy atom. The summed E-state index contributed by atoms with van der Waals surface area (Å²) in [5, 5.41) is 18.5. The van der Waals surface area contributed by atoms with Crippen molar-refractivity contribution < 1.29 is 4.79 Å². The lowest BCUT2D eigenvalue weighted by Gasteiger charge is -2.13. The lowest BCUT2D eigenvalue weighted by Crippen LogP contribution is -2.14. The molecule has 140 valence electrons. The summed E-state index contributed by atoms with van der Waals surface area (Å²) < 4.78 is 1.71. The van der Waals surface area contributed by atoms with Gasteiger partial charge in [-0.05, 0) is 38.1 Å². The molecule has 0 aliphatic carbocycles. The average Bonchev–Trinajstić information content (AvgIpc) is 2.89. The summed E-state index contributed by atoms with van der Waals surface area (Å²) in [5.74, 6) is 0.489. The van der Waals surface area contributed by atoms with E-state index in [0.29, 0.717) is 22.8 Å². The molecule has 3 aromatic rings. The van der Waals surface area contributed by atoms with Crippen molar-refractivity contribution in [1.82, 2.24) is 20.0 Å². The third-order valence-electron chi connectivity index (χ3n) is 4.31. The Morgan fingerprint density at radius 3 is 2.37 bits per heavy atom. The molecule has 0 radical (unpaired) electrons. The van der Waals surface area contributed by atoms with Crippen molar-refractivity contribution in [3.63, 3.8) is 0 Å². The van der Waals surface area contributed by atoms with Crippen molar-refractivity contribution >= 4 is 28.8 Å². The fraction of sp³-hybridized carbons (Fsp3) is 0.263. The number of carbonyl (C=O) groups excluding carboxylic acids is 1. The quantitative estimate of drug-likeness (QED) is 0.723. The van der Waals surface area contributed by atoms with Crippen LogP contribution < -0.4 is 15.5 Å². The Labute approximate surface area is 158 Å². The van der Waals surface area contributed by atoms with Gasteiger partial charge < -0.3 is 15.5 Å². The molecule has 1 aromatic carbocycles.